The molecule has 0 heterocycles. The Morgan fingerprint density at radius 3 is 1.30 bits per heavy atom. The second kappa shape index (κ2) is 21.6. The van der Waals surface area contributed by atoms with Crippen molar-refractivity contribution in [2.24, 2.45) is 0 Å². The lowest BCUT2D eigenvalue weighted by Gasteiger charge is -2.01. The van der Waals surface area contributed by atoms with Crippen LogP contribution in [0.3, 0.4) is 0 Å². The van der Waals surface area contributed by atoms with Crippen LogP contribution in [0.5, 0.6) is 0 Å². The predicted octanol–water partition coefficient (Wildman–Crippen LogP) is 4.17. The Morgan fingerprint density at radius 2 is 0.950 bits per heavy atom. The van der Waals surface area contributed by atoms with Crippen molar-refractivity contribution in [2.75, 3.05) is 19.8 Å². The zero-order valence-electron chi connectivity index (χ0n) is 22.3. The average Bonchev–Trinajstić information content (AvgIpc) is 2.87. The van der Waals surface area contributed by atoms with Crippen LogP contribution in [0.1, 0.15) is 52.7 Å². The summed E-state index contributed by atoms with van der Waals surface area (Å²) in [6, 6.07) is 11.3. The fourth-order valence-electron chi connectivity index (χ4n) is 2.63. The lowest BCUT2D eigenvalue weighted by molar-refractivity contribution is -0.167. The largest absolute Gasteiger partial charge is 0.460 e. The minimum Gasteiger partial charge on any atom is -0.460 e. The van der Waals surface area contributed by atoms with Gasteiger partial charge in [0.2, 0.25) is 5.78 Å². The molecule has 0 aromatic heterocycles. The second-order valence-corrected chi connectivity index (χ2v) is 7.61. The number of Topliss-reactive ketones (excluding diaryl/α,β-unsaturated/α-hetero) is 3. The van der Waals surface area contributed by atoms with Gasteiger partial charge in [0, 0.05) is 12.8 Å². The number of esters is 3. The summed E-state index contributed by atoms with van der Waals surface area (Å²) in [6.07, 6.45) is -0.109. The van der Waals surface area contributed by atoms with Crippen molar-refractivity contribution >= 4 is 35.3 Å². The van der Waals surface area contributed by atoms with Gasteiger partial charge in [-0.1, -0.05) is 31.7 Å². The van der Waals surface area contributed by atoms with Crippen LogP contribution in [0.4, 0.5) is 8.78 Å². The molecule has 0 amide bonds. The Morgan fingerprint density at radius 1 is 0.600 bits per heavy atom. The minimum absolute atomic E-state index is 0. The number of benzene rings is 2. The topological polar surface area (TPSA) is 130 Å². The Hall–Kier alpha value is -4.28. The number of ether oxygens (including phenoxy) is 3. The molecule has 40 heavy (non-hydrogen) atoms. The third kappa shape index (κ3) is 18.1. The molecule has 0 spiro atoms. The SMILES string of the molecule is C.CC(=O)Cc1ccc(F)cc1.CCOC(=O)C(=O)CC(=O)Cc1ccc(F)cc1.CCOC(=O)C(=O)OCC. The van der Waals surface area contributed by atoms with Crippen LogP contribution in [0, 0.1) is 11.6 Å². The fourth-order valence-corrected chi connectivity index (χ4v) is 2.63. The van der Waals surface area contributed by atoms with E-state index in [1.165, 1.54) is 43.3 Å². The monoisotopic (exact) mass is 566 g/mol. The summed E-state index contributed by atoms with van der Waals surface area (Å²) < 4.78 is 38.1. The van der Waals surface area contributed by atoms with E-state index in [2.05, 4.69) is 14.2 Å². The van der Waals surface area contributed by atoms with Crippen LogP contribution in [0.2, 0.25) is 0 Å². The highest BCUT2D eigenvalue weighted by molar-refractivity contribution is 6.37. The number of rotatable bonds is 10. The van der Waals surface area contributed by atoms with Crippen molar-refractivity contribution in [2.45, 2.75) is 54.4 Å². The van der Waals surface area contributed by atoms with Gasteiger partial charge in [-0.25, -0.2) is 23.2 Å². The van der Waals surface area contributed by atoms with E-state index in [0.29, 0.717) is 12.0 Å². The van der Waals surface area contributed by atoms with E-state index < -0.39 is 41.7 Å². The maximum atomic E-state index is 12.6. The maximum absolute atomic E-state index is 12.6. The van der Waals surface area contributed by atoms with Gasteiger partial charge in [-0.2, -0.15) is 0 Å². The number of halogens is 2. The van der Waals surface area contributed by atoms with Gasteiger partial charge in [0.25, 0.3) is 0 Å². The molecule has 0 fully saturated rings. The predicted molar refractivity (Wildman–Crippen MR) is 142 cm³/mol. The molecule has 0 aliphatic heterocycles. The van der Waals surface area contributed by atoms with Crippen molar-refractivity contribution < 1.29 is 51.8 Å². The number of ketones is 3. The number of hydrogen-bond acceptors (Lipinski definition) is 9. The van der Waals surface area contributed by atoms with Gasteiger partial charge in [-0.05, 0) is 63.1 Å². The zero-order chi connectivity index (χ0) is 29.8. The van der Waals surface area contributed by atoms with E-state index in [9.17, 15) is 37.5 Å². The first-order valence-corrected chi connectivity index (χ1v) is 12.0. The lowest BCUT2D eigenvalue weighted by atomic mass is 10.1. The van der Waals surface area contributed by atoms with Gasteiger partial charge < -0.3 is 14.2 Å². The summed E-state index contributed by atoms with van der Waals surface area (Å²) >= 11 is 0. The maximum Gasteiger partial charge on any atom is 0.417 e. The molecule has 0 saturated heterocycles. The number of carbonyl (C=O) groups is 6. The molecule has 2 aromatic carbocycles. The number of hydrogen-bond donors (Lipinski definition) is 0. The molecule has 0 radical (unpaired) electrons. The van der Waals surface area contributed by atoms with Crippen molar-refractivity contribution in [3.05, 3.63) is 71.3 Å². The van der Waals surface area contributed by atoms with Gasteiger partial charge in [-0.15, -0.1) is 0 Å². The van der Waals surface area contributed by atoms with E-state index in [4.69, 9.17) is 0 Å². The highest BCUT2D eigenvalue weighted by atomic mass is 19.1. The molecule has 9 nitrogen and oxygen atoms in total. The van der Waals surface area contributed by atoms with E-state index in [-0.39, 0.29) is 45.3 Å². The Bertz CT molecular complexity index is 1080. The quantitative estimate of drug-likeness (QED) is 0.180. The molecule has 0 unspecified atom stereocenters. The second-order valence-electron chi connectivity index (χ2n) is 7.61. The Kier molecular flexibility index (Phi) is 20.5. The van der Waals surface area contributed by atoms with Crippen molar-refractivity contribution in [1.82, 2.24) is 0 Å². The van der Waals surface area contributed by atoms with Crippen LogP contribution in [0.25, 0.3) is 0 Å². The summed E-state index contributed by atoms with van der Waals surface area (Å²) in [6.45, 7) is 6.81. The van der Waals surface area contributed by atoms with Gasteiger partial charge in [-0.3, -0.25) is 14.4 Å². The smallest absolute Gasteiger partial charge is 0.417 e. The minimum atomic E-state index is -0.995. The van der Waals surface area contributed by atoms with E-state index in [1.54, 1.807) is 32.9 Å². The standard InChI is InChI=1S/C13H13FO4.C9H9FO.C6H10O4.CH4/c1-2-18-13(17)12(16)8-11(15)7-9-3-5-10(14)6-4-9;1-7(11)6-8-2-4-9(10)5-3-8;1-3-9-5(7)6(8)10-4-2;/h3-6H,2,7-8H2,1H3;2-5H,6H2,1H3;3-4H2,1-2H3;1H4. The molecule has 0 aliphatic carbocycles. The first kappa shape index (κ1) is 37.9. The number of carbonyl (C=O) groups excluding carboxylic acids is 6. The summed E-state index contributed by atoms with van der Waals surface area (Å²) in [5.74, 6) is -4.68. The molecule has 2 aromatic rings. The van der Waals surface area contributed by atoms with Crippen molar-refractivity contribution in [3.63, 3.8) is 0 Å². The highest BCUT2D eigenvalue weighted by Crippen LogP contribution is 2.06. The van der Waals surface area contributed by atoms with Crippen LogP contribution < -0.4 is 0 Å². The van der Waals surface area contributed by atoms with Crippen LogP contribution in [-0.2, 0) is 55.8 Å². The molecule has 0 aliphatic rings. The molecular weight excluding hydrogens is 530 g/mol. The first-order valence-electron chi connectivity index (χ1n) is 12.0. The van der Waals surface area contributed by atoms with Gasteiger partial charge in [0.15, 0.2) is 0 Å². The Balaban J connectivity index is 0. The molecule has 2 rings (SSSR count). The molecular formula is C29H36F2O9. The Labute approximate surface area is 232 Å². The van der Waals surface area contributed by atoms with Gasteiger partial charge in [0.05, 0.1) is 26.2 Å². The molecule has 11 heteroatoms. The van der Waals surface area contributed by atoms with Crippen molar-refractivity contribution in [3.8, 4) is 0 Å². The molecule has 0 atom stereocenters. The molecule has 0 N–H and O–H groups in total. The summed E-state index contributed by atoms with van der Waals surface area (Å²) in [7, 11) is 0. The van der Waals surface area contributed by atoms with Gasteiger partial charge >= 0.3 is 17.9 Å². The van der Waals surface area contributed by atoms with E-state index >= 15 is 0 Å². The van der Waals surface area contributed by atoms with Crippen LogP contribution >= 0.6 is 0 Å². The molecule has 0 saturated carbocycles. The fraction of sp³-hybridized carbons (Fsp3) is 0.379. The van der Waals surface area contributed by atoms with Crippen LogP contribution in [-0.4, -0.2) is 55.1 Å². The summed E-state index contributed by atoms with van der Waals surface area (Å²) in [5, 5.41) is 0. The van der Waals surface area contributed by atoms with E-state index in [0.717, 1.165) is 5.56 Å². The first-order chi connectivity index (χ1) is 18.4. The molecule has 220 valence electrons. The summed E-state index contributed by atoms with van der Waals surface area (Å²) in [5.41, 5.74) is 1.46. The highest BCUT2D eigenvalue weighted by Gasteiger charge is 2.19. The summed E-state index contributed by atoms with van der Waals surface area (Å²) in [4.78, 5) is 65.2. The zero-order valence-corrected chi connectivity index (χ0v) is 22.3. The third-order valence-corrected chi connectivity index (χ3v) is 4.26. The third-order valence-electron chi connectivity index (χ3n) is 4.26. The normalized spacial score (nSPS) is 9.25. The average molecular weight is 567 g/mol. The molecule has 0 bridgehead atoms. The van der Waals surface area contributed by atoms with E-state index in [1.807, 2.05) is 0 Å². The van der Waals surface area contributed by atoms with Crippen molar-refractivity contribution in [1.29, 1.82) is 0 Å². The lowest BCUT2D eigenvalue weighted by Crippen LogP contribution is -2.21. The van der Waals surface area contributed by atoms with Gasteiger partial charge in [0.1, 0.15) is 23.2 Å². The van der Waals surface area contributed by atoms with Crippen LogP contribution in [0.15, 0.2) is 48.5 Å².